The summed E-state index contributed by atoms with van der Waals surface area (Å²) in [6, 6.07) is 11.3. The minimum Gasteiger partial charge on any atom is -0.328 e. The van der Waals surface area contributed by atoms with Gasteiger partial charge in [0.1, 0.15) is 21.5 Å². The lowest BCUT2D eigenvalue weighted by molar-refractivity contribution is -0.142. The average Bonchev–Trinajstić information content (AvgIpc) is 3.23. The third-order valence-corrected chi connectivity index (χ3v) is 7.29. The minimum atomic E-state index is -0.707. The summed E-state index contributed by atoms with van der Waals surface area (Å²) in [6.07, 6.45) is 2.77. The molecule has 1 heterocycles. The van der Waals surface area contributed by atoms with Crippen LogP contribution in [-0.4, -0.2) is 22.0 Å². The zero-order valence-electron chi connectivity index (χ0n) is 15.1. The van der Waals surface area contributed by atoms with Crippen LogP contribution in [0.5, 0.6) is 0 Å². The fourth-order valence-corrected chi connectivity index (χ4v) is 5.75. The van der Waals surface area contributed by atoms with Gasteiger partial charge in [0.2, 0.25) is 5.91 Å². The molecule has 1 fully saturated rings. The molecule has 0 radical (unpaired) electrons. The van der Waals surface area contributed by atoms with Crippen LogP contribution in [0.15, 0.2) is 47.6 Å². The Morgan fingerprint density at radius 3 is 2.79 bits per heavy atom. The summed E-state index contributed by atoms with van der Waals surface area (Å²) in [7, 11) is 0. The highest BCUT2D eigenvalue weighted by molar-refractivity contribution is 8.15. The number of hydrogen-bond donors (Lipinski definition) is 1. The van der Waals surface area contributed by atoms with Crippen molar-refractivity contribution in [2.45, 2.75) is 36.6 Å². The number of amides is 1. The second kappa shape index (κ2) is 6.39. The number of benzene rings is 2. The molecule has 4 nitrogen and oxygen atoms in total. The Morgan fingerprint density at radius 2 is 2.00 bits per heavy atom. The highest BCUT2D eigenvalue weighted by Crippen LogP contribution is 2.55. The van der Waals surface area contributed by atoms with Crippen LogP contribution in [0, 0.1) is 17.6 Å². The maximum absolute atomic E-state index is 14.4. The van der Waals surface area contributed by atoms with Gasteiger partial charge in [0.25, 0.3) is 0 Å². The van der Waals surface area contributed by atoms with E-state index in [1.165, 1.54) is 16.8 Å². The molecule has 144 valence electrons. The fraction of sp³-hybridized carbons (Fsp3) is 0.333. The molecule has 28 heavy (non-hydrogen) atoms. The lowest BCUT2D eigenvalue weighted by Gasteiger charge is -2.38. The quantitative estimate of drug-likeness (QED) is 0.837. The molecule has 0 bridgehead atoms. The molecule has 5 rings (SSSR count). The van der Waals surface area contributed by atoms with Gasteiger partial charge in [0.15, 0.2) is 0 Å². The summed E-state index contributed by atoms with van der Waals surface area (Å²) < 4.78 is 28.2. The van der Waals surface area contributed by atoms with E-state index in [4.69, 9.17) is 5.73 Å². The van der Waals surface area contributed by atoms with E-state index in [0.717, 1.165) is 35.7 Å². The molecule has 1 amide bonds. The Kier molecular flexibility index (Phi) is 4.07. The van der Waals surface area contributed by atoms with E-state index in [0.29, 0.717) is 24.3 Å². The number of carbonyl (C=O) groups is 1. The molecular formula is C21H19F2N3OS. The van der Waals surface area contributed by atoms with Gasteiger partial charge in [0, 0.05) is 17.5 Å². The molecule has 2 aromatic carbocycles. The third kappa shape index (κ3) is 2.60. The van der Waals surface area contributed by atoms with E-state index in [-0.39, 0.29) is 23.4 Å². The number of hydrazone groups is 1. The first-order chi connectivity index (χ1) is 13.5. The Hall–Kier alpha value is -2.25. The standard InChI is InChI=1S/C21H19F2N3OS/c22-14-5-6-18(23)16(11-14)19-25-26(20(27)13-9-15(24)10-13)21(28-19)8-7-12-3-1-2-4-17(12)21/h1-6,11,13,15H,7-10,24H2. The van der Waals surface area contributed by atoms with Gasteiger partial charge in [-0.3, -0.25) is 4.79 Å². The van der Waals surface area contributed by atoms with Crippen LogP contribution in [0.4, 0.5) is 8.78 Å². The molecule has 1 saturated carbocycles. The van der Waals surface area contributed by atoms with Crippen LogP contribution in [0.25, 0.3) is 0 Å². The monoisotopic (exact) mass is 399 g/mol. The van der Waals surface area contributed by atoms with Gasteiger partial charge in [-0.1, -0.05) is 36.0 Å². The molecule has 2 aromatic rings. The minimum absolute atomic E-state index is 0.0418. The number of fused-ring (bicyclic) bond motifs is 2. The maximum Gasteiger partial charge on any atom is 0.247 e. The molecule has 1 unspecified atom stereocenters. The van der Waals surface area contributed by atoms with Gasteiger partial charge in [-0.2, -0.15) is 5.10 Å². The maximum atomic E-state index is 14.4. The summed E-state index contributed by atoms with van der Waals surface area (Å²) >= 11 is 1.35. The summed E-state index contributed by atoms with van der Waals surface area (Å²) in [6.45, 7) is 0. The fourth-order valence-electron chi connectivity index (χ4n) is 4.31. The van der Waals surface area contributed by atoms with Crippen molar-refractivity contribution in [3.63, 3.8) is 0 Å². The van der Waals surface area contributed by atoms with Gasteiger partial charge in [-0.25, -0.2) is 13.8 Å². The molecule has 2 aliphatic carbocycles. The van der Waals surface area contributed by atoms with E-state index in [1.807, 2.05) is 24.3 Å². The van der Waals surface area contributed by atoms with Crippen LogP contribution in [-0.2, 0) is 16.1 Å². The topological polar surface area (TPSA) is 58.7 Å². The normalized spacial score (nSPS) is 28.2. The summed E-state index contributed by atoms with van der Waals surface area (Å²) in [5, 5.41) is 6.40. The van der Waals surface area contributed by atoms with Gasteiger partial charge in [-0.15, -0.1) is 0 Å². The molecule has 1 atom stereocenters. The van der Waals surface area contributed by atoms with E-state index in [2.05, 4.69) is 5.10 Å². The molecule has 7 heteroatoms. The SMILES string of the molecule is NC1CC(C(=O)N2N=C(c3cc(F)ccc3F)SC23CCc2ccccc23)C1. The van der Waals surface area contributed by atoms with E-state index < -0.39 is 16.5 Å². The molecular weight excluding hydrogens is 380 g/mol. The summed E-state index contributed by atoms with van der Waals surface area (Å²) in [5.74, 6) is -1.33. The number of aryl methyl sites for hydroxylation is 1. The van der Waals surface area contributed by atoms with Crippen molar-refractivity contribution in [2.24, 2.45) is 16.8 Å². The van der Waals surface area contributed by atoms with Crippen LogP contribution in [0.3, 0.4) is 0 Å². The highest BCUT2D eigenvalue weighted by atomic mass is 32.2. The number of thioether (sulfide) groups is 1. The van der Waals surface area contributed by atoms with Crippen LogP contribution in [0.1, 0.15) is 36.0 Å². The van der Waals surface area contributed by atoms with Crippen molar-refractivity contribution in [1.82, 2.24) is 5.01 Å². The molecule has 0 aromatic heterocycles. The van der Waals surface area contributed by atoms with Crippen LogP contribution in [0.2, 0.25) is 0 Å². The van der Waals surface area contributed by atoms with Crippen molar-refractivity contribution in [1.29, 1.82) is 0 Å². The first-order valence-corrected chi connectivity index (χ1v) is 10.2. The van der Waals surface area contributed by atoms with Gasteiger partial charge < -0.3 is 5.73 Å². The average molecular weight is 399 g/mol. The number of rotatable bonds is 2. The van der Waals surface area contributed by atoms with Crippen molar-refractivity contribution < 1.29 is 13.6 Å². The third-order valence-electron chi connectivity index (χ3n) is 5.86. The lowest BCUT2D eigenvalue weighted by Crippen LogP contribution is -2.49. The zero-order chi connectivity index (χ0) is 19.5. The first-order valence-electron chi connectivity index (χ1n) is 9.39. The number of nitrogens with zero attached hydrogens (tertiary/aromatic N) is 2. The first kappa shape index (κ1) is 17.8. The molecule has 3 aliphatic rings. The Labute approximate surface area is 165 Å². The Morgan fingerprint density at radius 1 is 1.21 bits per heavy atom. The Bertz CT molecular complexity index is 1000. The second-order valence-corrected chi connectivity index (χ2v) is 8.92. The van der Waals surface area contributed by atoms with Crippen molar-refractivity contribution >= 4 is 22.7 Å². The number of carbonyl (C=O) groups excluding carboxylic acids is 1. The van der Waals surface area contributed by atoms with Gasteiger partial charge >= 0.3 is 0 Å². The summed E-state index contributed by atoms with van der Waals surface area (Å²) in [5.41, 5.74) is 8.15. The predicted molar refractivity (Wildman–Crippen MR) is 104 cm³/mol. The Balaban J connectivity index is 1.60. The number of nitrogens with two attached hydrogens (primary N) is 1. The van der Waals surface area contributed by atoms with Crippen LogP contribution >= 0.6 is 11.8 Å². The largest absolute Gasteiger partial charge is 0.328 e. The highest BCUT2D eigenvalue weighted by Gasteiger charge is 2.54. The smallest absolute Gasteiger partial charge is 0.247 e. The van der Waals surface area contributed by atoms with Crippen LogP contribution < -0.4 is 5.73 Å². The van der Waals surface area contributed by atoms with Crippen molar-refractivity contribution in [3.8, 4) is 0 Å². The van der Waals surface area contributed by atoms with E-state index >= 15 is 0 Å². The van der Waals surface area contributed by atoms with Gasteiger partial charge in [0.05, 0.1) is 0 Å². The van der Waals surface area contributed by atoms with Crippen molar-refractivity contribution in [3.05, 3.63) is 70.8 Å². The van der Waals surface area contributed by atoms with E-state index in [1.54, 1.807) is 0 Å². The number of hydrogen-bond acceptors (Lipinski definition) is 4. The molecule has 2 N–H and O–H groups in total. The molecule has 1 spiro atoms. The number of halogens is 2. The summed E-state index contributed by atoms with van der Waals surface area (Å²) in [4.78, 5) is 12.5. The van der Waals surface area contributed by atoms with Gasteiger partial charge in [-0.05, 0) is 55.0 Å². The van der Waals surface area contributed by atoms with E-state index in [9.17, 15) is 13.6 Å². The molecule has 1 aliphatic heterocycles. The lowest BCUT2D eigenvalue weighted by atomic mass is 9.80. The zero-order valence-corrected chi connectivity index (χ0v) is 15.9. The van der Waals surface area contributed by atoms with Crippen molar-refractivity contribution in [2.75, 3.05) is 0 Å². The second-order valence-electron chi connectivity index (χ2n) is 7.65. The molecule has 0 saturated heterocycles. The predicted octanol–water partition coefficient (Wildman–Crippen LogP) is 3.74.